The van der Waals surface area contributed by atoms with Gasteiger partial charge >= 0.3 is 0 Å². The highest BCUT2D eigenvalue weighted by atomic mass is 32.1. The summed E-state index contributed by atoms with van der Waals surface area (Å²) in [5, 5.41) is 13.3. The number of amides is 2. The second-order valence-corrected chi connectivity index (χ2v) is 7.32. The Labute approximate surface area is 175 Å². The Morgan fingerprint density at radius 2 is 1.53 bits per heavy atom. The van der Waals surface area contributed by atoms with Gasteiger partial charge in [-0.25, -0.2) is 0 Å². The van der Waals surface area contributed by atoms with E-state index in [0.29, 0.717) is 43.7 Å². The van der Waals surface area contributed by atoms with Crippen molar-refractivity contribution in [1.82, 2.24) is 10.2 Å². The van der Waals surface area contributed by atoms with E-state index in [0.717, 1.165) is 0 Å². The van der Waals surface area contributed by atoms with E-state index < -0.39 is 0 Å². The van der Waals surface area contributed by atoms with E-state index in [1.165, 1.54) is 11.3 Å². The van der Waals surface area contributed by atoms with Gasteiger partial charge in [0.05, 0.1) is 24.5 Å². The zero-order valence-corrected chi connectivity index (χ0v) is 17.0. The Balaban J connectivity index is 1.49. The molecule has 2 aromatic carbocycles. The third kappa shape index (κ3) is 3.96. The highest BCUT2D eigenvalue weighted by Gasteiger charge is 2.17. The molecule has 4 aromatic rings. The maximum Gasteiger partial charge on any atom is 0.265 e. The Hall–Kier alpha value is -3.85. The standard InChI is InChI=1S/C21H18N4O4S/c1-28-14-7-3-12(4-8-14)19(26)23-18-16-11-17(30-21(16)25-24-18)20(27)22-13-5-9-15(29-2)10-6-13/h3-11H,1-2H3,(H,22,27)(H2,23,24,25,26). The first-order valence-corrected chi connectivity index (χ1v) is 9.78. The zero-order valence-electron chi connectivity index (χ0n) is 16.2. The van der Waals surface area contributed by atoms with Crippen molar-refractivity contribution in [1.29, 1.82) is 0 Å². The van der Waals surface area contributed by atoms with Crippen LogP contribution < -0.4 is 20.1 Å². The van der Waals surface area contributed by atoms with Crippen LogP contribution in [0.5, 0.6) is 11.5 Å². The van der Waals surface area contributed by atoms with Crippen LogP contribution in [0, 0.1) is 0 Å². The summed E-state index contributed by atoms with van der Waals surface area (Å²) in [5.74, 6) is 1.26. The number of rotatable bonds is 6. The largest absolute Gasteiger partial charge is 0.497 e. The number of methoxy groups -OCH3 is 2. The lowest BCUT2D eigenvalue weighted by Gasteiger charge is -2.05. The number of carbonyl (C=O) groups is 2. The molecule has 0 radical (unpaired) electrons. The molecule has 0 unspecified atom stereocenters. The van der Waals surface area contributed by atoms with Crippen LogP contribution in [0.25, 0.3) is 10.2 Å². The minimum atomic E-state index is -0.293. The first-order chi connectivity index (χ1) is 14.6. The zero-order chi connectivity index (χ0) is 21.1. The van der Waals surface area contributed by atoms with Crippen molar-refractivity contribution in [2.45, 2.75) is 0 Å². The molecule has 30 heavy (non-hydrogen) atoms. The fraction of sp³-hybridized carbons (Fsp3) is 0.0952. The maximum absolute atomic E-state index is 12.6. The molecular formula is C21H18N4O4S. The number of ether oxygens (including phenoxy) is 2. The average molecular weight is 422 g/mol. The van der Waals surface area contributed by atoms with Gasteiger partial charge in [0.2, 0.25) is 0 Å². The molecule has 0 saturated heterocycles. The second kappa shape index (κ2) is 8.26. The normalized spacial score (nSPS) is 10.6. The molecule has 4 rings (SSSR count). The minimum Gasteiger partial charge on any atom is -0.497 e. The first-order valence-electron chi connectivity index (χ1n) is 8.96. The summed E-state index contributed by atoms with van der Waals surface area (Å²) in [6, 6.07) is 15.5. The lowest BCUT2D eigenvalue weighted by Crippen LogP contribution is -2.12. The molecule has 0 spiro atoms. The smallest absolute Gasteiger partial charge is 0.265 e. The Kier molecular flexibility index (Phi) is 5.36. The van der Waals surface area contributed by atoms with E-state index >= 15 is 0 Å². The predicted octanol–water partition coefficient (Wildman–Crippen LogP) is 4.15. The van der Waals surface area contributed by atoms with E-state index in [9.17, 15) is 9.59 Å². The lowest BCUT2D eigenvalue weighted by atomic mass is 10.2. The van der Waals surface area contributed by atoms with E-state index in [1.807, 2.05) is 0 Å². The monoisotopic (exact) mass is 422 g/mol. The number of hydrogen-bond acceptors (Lipinski definition) is 6. The molecule has 3 N–H and O–H groups in total. The van der Waals surface area contributed by atoms with E-state index in [-0.39, 0.29) is 11.8 Å². The number of H-pyrrole nitrogens is 1. The quantitative estimate of drug-likeness (QED) is 0.433. The van der Waals surface area contributed by atoms with Crippen molar-refractivity contribution in [3.8, 4) is 11.5 Å². The summed E-state index contributed by atoms with van der Waals surface area (Å²) in [5.41, 5.74) is 1.13. The van der Waals surface area contributed by atoms with Crippen LogP contribution in [-0.2, 0) is 0 Å². The second-order valence-electron chi connectivity index (χ2n) is 6.29. The van der Waals surface area contributed by atoms with Crippen molar-refractivity contribution < 1.29 is 19.1 Å². The summed E-state index contributed by atoms with van der Waals surface area (Å²) >= 11 is 1.23. The highest BCUT2D eigenvalue weighted by molar-refractivity contribution is 7.20. The summed E-state index contributed by atoms with van der Waals surface area (Å²) in [6.45, 7) is 0. The van der Waals surface area contributed by atoms with Crippen molar-refractivity contribution >= 4 is 44.9 Å². The van der Waals surface area contributed by atoms with Crippen LogP contribution >= 0.6 is 11.3 Å². The maximum atomic E-state index is 12.6. The number of aromatic amines is 1. The number of thiophene rings is 1. The number of fused-ring (bicyclic) bond motifs is 1. The number of benzene rings is 2. The van der Waals surface area contributed by atoms with Gasteiger partial charge in [0.15, 0.2) is 0 Å². The van der Waals surface area contributed by atoms with Crippen LogP contribution in [0.4, 0.5) is 11.5 Å². The molecule has 0 saturated carbocycles. The van der Waals surface area contributed by atoms with Crippen molar-refractivity contribution in [2.75, 3.05) is 24.9 Å². The van der Waals surface area contributed by atoms with Gasteiger partial charge in [0.1, 0.15) is 22.1 Å². The van der Waals surface area contributed by atoms with Crippen molar-refractivity contribution in [2.24, 2.45) is 0 Å². The fourth-order valence-electron chi connectivity index (χ4n) is 2.81. The van der Waals surface area contributed by atoms with E-state index in [4.69, 9.17) is 9.47 Å². The van der Waals surface area contributed by atoms with Gasteiger partial charge in [-0.15, -0.1) is 11.3 Å². The Morgan fingerprint density at radius 3 is 2.17 bits per heavy atom. The van der Waals surface area contributed by atoms with Gasteiger partial charge in [-0.05, 0) is 54.6 Å². The molecule has 0 bridgehead atoms. The van der Waals surface area contributed by atoms with E-state index in [2.05, 4.69) is 20.8 Å². The van der Waals surface area contributed by atoms with Gasteiger partial charge in [0, 0.05) is 11.3 Å². The third-order valence-electron chi connectivity index (χ3n) is 4.41. The van der Waals surface area contributed by atoms with Crippen molar-refractivity contribution in [3.05, 3.63) is 65.0 Å². The molecule has 2 aromatic heterocycles. The molecule has 0 aliphatic carbocycles. The van der Waals surface area contributed by atoms with Crippen molar-refractivity contribution in [3.63, 3.8) is 0 Å². The topological polar surface area (TPSA) is 105 Å². The van der Waals surface area contributed by atoms with Gasteiger partial charge in [-0.2, -0.15) is 5.10 Å². The highest BCUT2D eigenvalue weighted by Crippen LogP contribution is 2.30. The molecule has 0 aliphatic rings. The Morgan fingerprint density at radius 1 is 0.900 bits per heavy atom. The minimum absolute atomic E-state index is 0.254. The third-order valence-corrected chi connectivity index (χ3v) is 5.44. The lowest BCUT2D eigenvalue weighted by molar-refractivity contribution is 0.102. The molecule has 0 aliphatic heterocycles. The summed E-state index contributed by atoms with van der Waals surface area (Å²) in [7, 11) is 3.15. The number of aromatic nitrogens is 2. The summed E-state index contributed by atoms with van der Waals surface area (Å²) < 4.78 is 10.2. The molecule has 152 valence electrons. The van der Waals surface area contributed by atoms with Gasteiger partial charge < -0.3 is 20.1 Å². The van der Waals surface area contributed by atoms with Gasteiger partial charge in [-0.1, -0.05) is 0 Å². The van der Waals surface area contributed by atoms with Crippen LogP contribution in [0.1, 0.15) is 20.0 Å². The van der Waals surface area contributed by atoms with Crippen LogP contribution in [0.3, 0.4) is 0 Å². The molecule has 9 heteroatoms. The summed E-state index contributed by atoms with van der Waals surface area (Å²) in [4.78, 5) is 26.2. The predicted molar refractivity (Wildman–Crippen MR) is 116 cm³/mol. The molecular weight excluding hydrogens is 404 g/mol. The molecule has 2 heterocycles. The number of nitrogens with zero attached hydrogens (tertiary/aromatic N) is 1. The number of hydrogen-bond donors (Lipinski definition) is 3. The van der Waals surface area contributed by atoms with Gasteiger partial charge in [0.25, 0.3) is 11.8 Å². The van der Waals surface area contributed by atoms with Crippen LogP contribution in [-0.4, -0.2) is 36.2 Å². The van der Waals surface area contributed by atoms with Crippen LogP contribution in [0.2, 0.25) is 0 Å². The average Bonchev–Trinajstić information content (AvgIpc) is 3.36. The van der Waals surface area contributed by atoms with E-state index in [1.54, 1.807) is 68.8 Å². The fourth-order valence-corrected chi connectivity index (χ4v) is 3.70. The Bertz CT molecular complexity index is 1200. The summed E-state index contributed by atoms with van der Waals surface area (Å²) in [6.07, 6.45) is 0. The first kappa shape index (κ1) is 19.5. The van der Waals surface area contributed by atoms with Gasteiger partial charge in [-0.3, -0.25) is 14.7 Å². The molecule has 0 atom stereocenters. The molecule has 2 amide bonds. The number of anilines is 2. The molecule has 8 nitrogen and oxygen atoms in total. The SMILES string of the molecule is COc1ccc(NC(=O)c2cc3c(NC(=O)c4ccc(OC)cc4)[nH]nc3s2)cc1. The number of nitrogens with one attached hydrogen (secondary N) is 3. The van der Waals surface area contributed by atoms with Crippen LogP contribution in [0.15, 0.2) is 54.6 Å². The molecule has 0 fully saturated rings. The number of carbonyl (C=O) groups excluding carboxylic acids is 2.